The van der Waals surface area contributed by atoms with E-state index in [0.717, 1.165) is 4.57 Å². The highest BCUT2D eigenvalue weighted by Crippen LogP contribution is 2.35. The molecule has 1 aliphatic heterocycles. The number of esters is 3. The summed E-state index contributed by atoms with van der Waals surface area (Å²) in [6.07, 6.45) is -3.68. The van der Waals surface area contributed by atoms with Crippen molar-refractivity contribution in [3.63, 3.8) is 0 Å². The number of hydrogen-bond donors (Lipinski definition) is 0. The Morgan fingerprint density at radius 2 is 1.24 bits per heavy atom. The van der Waals surface area contributed by atoms with Gasteiger partial charge in [-0.05, 0) is 36.4 Å². The second kappa shape index (κ2) is 12.9. The molecule has 4 atom stereocenters. The maximum Gasteiger partial charge on any atom is 0.353 e. The van der Waals surface area contributed by atoms with Gasteiger partial charge < -0.3 is 23.7 Å². The Labute approximate surface area is 240 Å². The van der Waals surface area contributed by atoms with Gasteiger partial charge in [0.2, 0.25) is 5.88 Å². The fourth-order valence-electron chi connectivity index (χ4n) is 4.39. The van der Waals surface area contributed by atoms with E-state index in [0.29, 0.717) is 5.56 Å². The van der Waals surface area contributed by atoms with Gasteiger partial charge >= 0.3 is 23.6 Å². The first kappa shape index (κ1) is 28.2. The van der Waals surface area contributed by atoms with E-state index in [1.54, 1.807) is 91.0 Å². The summed E-state index contributed by atoms with van der Waals surface area (Å²) in [5.41, 5.74) is -0.0105. The summed E-state index contributed by atoms with van der Waals surface area (Å²) in [5.74, 6) is -2.05. The predicted molar refractivity (Wildman–Crippen MR) is 147 cm³/mol. The molecule has 0 bridgehead atoms. The number of rotatable bonds is 9. The minimum Gasteiger partial charge on any atom is -0.481 e. The van der Waals surface area contributed by atoms with E-state index in [9.17, 15) is 19.2 Å². The van der Waals surface area contributed by atoms with E-state index in [1.807, 2.05) is 0 Å². The molecule has 0 spiro atoms. The van der Waals surface area contributed by atoms with Crippen LogP contribution in [0.2, 0.25) is 0 Å². The Hall–Kier alpha value is -5.29. The number of ether oxygens (including phenoxy) is 5. The van der Waals surface area contributed by atoms with E-state index in [1.165, 1.54) is 19.4 Å². The zero-order valence-electron chi connectivity index (χ0n) is 22.4. The molecule has 1 aromatic heterocycles. The second-order valence-corrected chi connectivity index (χ2v) is 9.16. The zero-order chi connectivity index (χ0) is 29.5. The van der Waals surface area contributed by atoms with Crippen LogP contribution in [0.15, 0.2) is 108 Å². The van der Waals surface area contributed by atoms with Crippen molar-refractivity contribution in [3.8, 4) is 5.88 Å². The van der Waals surface area contributed by atoms with E-state index in [4.69, 9.17) is 23.7 Å². The molecule has 0 unspecified atom stereocenters. The molecule has 11 heteroatoms. The highest BCUT2D eigenvalue weighted by molar-refractivity contribution is 5.91. The van der Waals surface area contributed by atoms with Gasteiger partial charge in [0, 0.05) is 12.3 Å². The number of benzene rings is 3. The highest BCUT2D eigenvalue weighted by Gasteiger charge is 2.51. The van der Waals surface area contributed by atoms with Crippen LogP contribution >= 0.6 is 0 Å². The van der Waals surface area contributed by atoms with Gasteiger partial charge in [-0.15, -0.1) is 0 Å². The van der Waals surface area contributed by atoms with Crippen LogP contribution in [0.1, 0.15) is 37.3 Å². The first-order valence-electron chi connectivity index (χ1n) is 13.0. The van der Waals surface area contributed by atoms with Crippen molar-refractivity contribution < 1.29 is 38.1 Å². The Balaban J connectivity index is 1.50. The minimum absolute atomic E-state index is 0.0625. The number of aromatic nitrogens is 2. The van der Waals surface area contributed by atoms with Crippen LogP contribution in [-0.2, 0) is 18.9 Å². The first-order valence-corrected chi connectivity index (χ1v) is 13.0. The van der Waals surface area contributed by atoms with Crippen molar-refractivity contribution in [2.45, 2.75) is 24.5 Å². The Morgan fingerprint density at radius 1 is 0.738 bits per heavy atom. The van der Waals surface area contributed by atoms with Crippen molar-refractivity contribution in [2.75, 3.05) is 13.7 Å². The number of carbonyl (C=O) groups is 3. The molecule has 3 aromatic carbocycles. The van der Waals surface area contributed by atoms with Gasteiger partial charge in [-0.3, -0.25) is 4.57 Å². The third-order valence-electron chi connectivity index (χ3n) is 6.47. The number of hydrogen-bond acceptors (Lipinski definition) is 10. The predicted octanol–water partition coefficient (Wildman–Crippen LogP) is 3.46. The van der Waals surface area contributed by atoms with Gasteiger partial charge in [-0.1, -0.05) is 54.6 Å². The van der Waals surface area contributed by atoms with Crippen LogP contribution in [0.4, 0.5) is 0 Å². The average molecular weight is 571 g/mol. The lowest BCUT2D eigenvalue weighted by molar-refractivity contribution is -0.0640. The van der Waals surface area contributed by atoms with E-state index < -0.39 is 48.1 Å². The SMILES string of the molecule is COc1ccn([C@@H]2O[C@H](COC(=O)c3ccccc3)[C@@H](OC(=O)c3ccccc3)[C@H]2OC(=O)c2ccccc2)c(=O)n1. The smallest absolute Gasteiger partial charge is 0.353 e. The van der Waals surface area contributed by atoms with E-state index >= 15 is 0 Å². The largest absolute Gasteiger partial charge is 0.481 e. The maximum absolute atomic E-state index is 13.2. The molecular weight excluding hydrogens is 544 g/mol. The number of methoxy groups -OCH3 is 1. The molecule has 2 heterocycles. The topological polar surface area (TPSA) is 132 Å². The fourth-order valence-corrected chi connectivity index (χ4v) is 4.39. The monoisotopic (exact) mass is 570 g/mol. The van der Waals surface area contributed by atoms with Gasteiger partial charge in [0.25, 0.3) is 0 Å². The minimum atomic E-state index is -1.33. The molecule has 11 nitrogen and oxygen atoms in total. The number of carbonyl (C=O) groups excluding carboxylic acids is 3. The first-order chi connectivity index (χ1) is 20.4. The molecule has 1 fully saturated rings. The zero-order valence-corrected chi connectivity index (χ0v) is 22.4. The van der Waals surface area contributed by atoms with E-state index in [2.05, 4.69) is 4.98 Å². The number of nitrogens with zero attached hydrogens (tertiary/aromatic N) is 2. The summed E-state index contributed by atoms with van der Waals surface area (Å²) in [4.78, 5) is 55.9. The molecule has 0 saturated carbocycles. The third-order valence-corrected chi connectivity index (χ3v) is 6.47. The summed E-state index contributed by atoms with van der Waals surface area (Å²) >= 11 is 0. The molecule has 0 aliphatic carbocycles. The molecule has 0 radical (unpaired) electrons. The Morgan fingerprint density at radius 3 is 1.74 bits per heavy atom. The molecule has 214 valence electrons. The van der Waals surface area contributed by atoms with Crippen molar-refractivity contribution in [1.29, 1.82) is 0 Å². The van der Waals surface area contributed by atoms with Gasteiger partial charge in [-0.25, -0.2) is 19.2 Å². The Kier molecular flexibility index (Phi) is 8.69. The normalized spacial score (nSPS) is 19.5. The molecule has 1 aliphatic rings. The summed E-state index contributed by atoms with van der Waals surface area (Å²) in [6, 6.07) is 26.1. The third kappa shape index (κ3) is 6.37. The van der Waals surface area contributed by atoms with Crippen molar-refractivity contribution in [2.24, 2.45) is 0 Å². The van der Waals surface area contributed by atoms with Crippen molar-refractivity contribution in [1.82, 2.24) is 9.55 Å². The van der Waals surface area contributed by atoms with Gasteiger partial charge in [0.1, 0.15) is 12.7 Å². The van der Waals surface area contributed by atoms with Crippen molar-refractivity contribution >= 4 is 17.9 Å². The van der Waals surface area contributed by atoms with Crippen LogP contribution in [0, 0.1) is 0 Å². The standard InChI is InChI=1S/C31H26N2O9/c1-38-24-17-18-33(31(37)32-24)27-26(42-30(36)22-15-9-4-10-16-22)25(41-29(35)21-13-7-3-8-14-21)23(40-27)19-39-28(34)20-11-5-2-6-12-20/h2-18,23,25-27H,19H2,1H3/t23-,25-,26-,27-/m1/s1. The molecule has 4 aromatic rings. The fraction of sp³-hybridized carbons (Fsp3) is 0.194. The summed E-state index contributed by atoms with van der Waals surface area (Å²) < 4.78 is 29.5. The summed E-state index contributed by atoms with van der Waals surface area (Å²) in [7, 11) is 1.36. The van der Waals surface area contributed by atoms with Gasteiger partial charge in [-0.2, -0.15) is 4.98 Å². The van der Waals surface area contributed by atoms with Gasteiger partial charge in [0.15, 0.2) is 18.4 Å². The van der Waals surface area contributed by atoms with Gasteiger partial charge in [0.05, 0.1) is 23.8 Å². The highest BCUT2D eigenvalue weighted by atomic mass is 16.7. The lowest BCUT2D eigenvalue weighted by Gasteiger charge is -2.25. The molecular formula is C31H26N2O9. The quantitative estimate of drug-likeness (QED) is 0.218. The molecule has 5 rings (SSSR count). The van der Waals surface area contributed by atoms with Crippen LogP contribution in [0.3, 0.4) is 0 Å². The van der Waals surface area contributed by atoms with Crippen LogP contribution in [0.25, 0.3) is 0 Å². The lowest BCUT2D eigenvalue weighted by atomic mass is 10.1. The molecule has 1 saturated heterocycles. The summed E-state index contributed by atoms with van der Waals surface area (Å²) in [5, 5.41) is 0. The summed E-state index contributed by atoms with van der Waals surface area (Å²) in [6.45, 7) is -0.380. The lowest BCUT2D eigenvalue weighted by Crippen LogP contribution is -2.42. The molecule has 0 amide bonds. The van der Waals surface area contributed by atoms with Crippen LogP contribution in [-0.4, -0.2) is 59.5 Å². The van der Waals surface area contributed by atoms with Crippen LogP contribution < -0.4 is 10.4 Å². The van der Waals surface area contributed by atoms with Crippen molar-refractivity contribution in [3.05, 3.63) is 130 Å². The van der Waals surface area contributed by atoms with E-state index in [-0.39, 0.29) is 23.6 Å². The molecule has 0 N–H and O–H groups in total. The Bertz CT molecular complexity index is 1590. The maximum atomic E-state index is 13.2. The average Bonchev–Trinajstić information content (AvgIpc) is 3.36. The van der Waals surface area contributed by atoms with Crippen LogP contribution in [0.5, 0.6) is 5.88 Å². The second-order valence-electron chi connectivity index (χ2n) is 9.16. The molecule has 42 heavy (non-hydrogen) atoms.